The average molecular weight is 362 g/mol. The third-order valence-corrected chi connectivity index (χ3v) is 5.63. The third kappa shape index (κ3) is 2.74. The van der Waals surface area contributed by atoms with Gasteiger partial charge in [0.25, 0.3) is 5.91 Å². The van der Waals surface area contributed by atoms with Gasteiger partial charge in [0, 0.05) is 5.56 Å². The van der Waals surface area contributed by atoms with Gasteiger partial charge in [0.1, 0.15) is 5.54 Å². The highest BCUT2D eigenvalue weighted by Crippen LogP contribution is 2.39. The molecule has 1 aliphatic carbocycles. The Morgan fingerprint density at radius 1 is 1.15 bits per heavy atom. The lowest BCUT2D eigenvalue weighted by Gasteiger charge is -2.33. The van der Waals surface area contributed by atoms with Gasteiger partial charge in [-0.2, -0.15) is 0 Å². The number of amides is 3. The number of urea groups is 1. The van der Waals surface area contributed by atoms with Crippen molar-refractivity contribution in [2.75, 3.05) is 6.54 Å². The van der Waals surface area contributed by atoms with Crippen LogP contribution in [0.15, 0.2) is 42.5 Å². The molecule has 5 heteroatoms. The molecule has 2 aromatic rings. The molecule has 138 valence electrons. The summed E-state index contributed by atoms with van der Waals surface area (Å²) in [5.41, 5.74) is 3.37. The molecule has 27 heavy (non-hydrogen) atoms. The van der Waals surface area contributed by atoms with Gasteiger partial charge >= 0.3 is 6.03 Å². The normalized spacial score (nSPS) is 21.3. The van der Waals surface area contributed by atoms with E-state index in [4.69, 9.17) is 0 Å². The average Bonchev–Trinajstić information content (AvgIpc) is 2.87. The molecule has 1 saturated heterocycles. The molecule has 0 radical (unpaired) electrons. The first-order valence-corrected chi connectivity index (χ1v) is 9.25. The number of carbonyl (C=O) groups is 3. The lowest BCUT2D eigenvalue weighted by molar-refractivity contribution is -0.131. The molecule has 3 amide bonds. The summed E-state index contributed by atoms with van der Waals surface area (Å²) in [4.78, 5) is 39.7. The van der Waals surface area contributed by atoms with Crippen molar-refractivity contribution in [2.24, 2.45) is 0 Å². The van der Waals surface area contributed by atoms with Crippen LogP contribution >= 0.6 is 0 Å². The SMILES string of the molecule is Cc1ccc(C(=O)CN2C(=O)N[C@]3(CCCc4ccccc43)C2=O)c(C)c1. The van der Waals surface area contributed by atoms with E-state index in [2.05, 4.69) is 5.32 Å². The van der Waals surface area contributed by atoms with Crippen LogP contribution in [0.1, 0.15) is 45.5 Å². The van der Waals surface area contributed by atoms with Crippen molar-refractivity contribution in [1.82, 2.24) is 10.2 Å². The predicted molar refractivity (Wildman–Crippen MR) is 102 cm³/mol. The van der Waals surface area contributed by atoms with Crippen molar-refractivity contribution in [3.63, 3.8) is 0 Å². The number of imide groups is 1. The van der Waals surface area contributed by atoms with Gasteiger partial charge in [0.2, 0.25) is 0 Å². The van der Waals surface area contributed by atoms with E-state index in [1.54, 1.807) is 6.07 Å². The van der Waals surface area contributed by atoms with Crippen LogP contribution in [0.4, 0.5) is 4.79 Å². The monoisotopic (exact) mass is 362 g/mol. The summed E-state index contributed by atoms with van der Waals surface area (Å²) in [6, 6.07) is 12.8. The molecule has 0 aromatic heterocycles. The first-order valence-electron chi connectivity index (χ1n) is 9.25. The molecule has 1 N–H and O–H groups in total. The Morgan fingerprint density at radius 3 is 2.70 bits per heavy atom. The highest BCUT2D eigenvalue weighted by Gasteiger charge is 2.54. The summed E-state index contributed by atoms with van der Waals surface area (Å²) in [5, 5.41) is 2.89. The number of fused-ring (bicyclic) bond motifs is 2. The van der Waals surface area contributed by atoms with E-state index in [0.29, 0.717) is 12.0 Å². The Kier molecular flexibility index (Phi) is 4.10. The second kappa shape index (κ2) is 6.34. The second-order valence-electron chi connectivity index (χ2n) is 7.48. The number of nitrogens with zero attached hydrogens (tertiary/aromatic N) is 1. The fourth-order valence-corrected chi connectivity index (χ4v) is 4.31. The largest absolute Gasteiger partial charge is 0.325 e. The first kappa shape index (κ1) is 17.5. The summed E-state index contributed by atoms with van der Waals surface area (Å²) >= 11 is 0. The molecule has 1 heterocycles. The number of benzene rings is 2. The summed E-state index contributed by atoms with van der Waals surface area (Å²) in [6.07, 6.45) is 2.27. The van der Waals surface area contributed by atoms with Gasteiger partial charge in [-0.1, -0.05) is 48.0 Å². The number of carbonyl (C=O) groups excluding carboxylic acids is 3. The molecule has 5 nitrogen and oxygen atoms in total. The Hall–Kier alpha value is -2.95. The number of Topliss-reactive ketones (excluding diaryl/α,β-unsaturated/α-hetero) is 1. The number of nitrogens with one attached hydrogen (secondary N) is 1. The molecule has 2 aromatic carbocycles. The minimum absolute atomic E-state index is 0.225. The van der Waals surface area contributed by atoms with Gasteiger partial charge in [-0.05, 0) is 49.8 Å². The Labute approximate surface area is 158 Å². The minimum atomic E-state index is -1.03. The van der Waals surface area contributed by atoms with Gasteiger partial charge in [0.15, 0.2) is 5.78 Å². The molecule has 0 unspecified atom stereocenters. The Balaban J connectivity index is 1.64. The zero-order valence-electron chi connectivity index (χ0n) is 15.5. The van der Waals surface area contributed by atoms with E-state index >= 15 is 0 Å². The fourth-order valence-electron chi connectivity index (χ4n) is 4.31. The fraction of sp³-hybridized carbons (Fsp3) is 0.318. The molecule has 1 fully saturated rings. The summed E-state index contributed by atoms with van der Waals surface area (Å²) < 4.78 is 0. The summed E-state index contributed by atoms with van der Waals surface area (Å²) in [7, 11) is 0. The highest BCUT2D eigenvalue weighted by atomic mass is 16.2. The maximum atomic E-state index is 13.3. The van der Waals surface area contributed by atoms with Crippen LogP contribution in [0.25, 0.3) is 0 Å². The maximum Gasteiger partial charge on any atom is 0.325 e. The molecule has 0 bridgehead atoms. The van der Waals surface area contributed by atoms with E-state index in [1.165, 1.54) is 0 Å². The van der Waals surface area contributed by atoms with Crippen molar-refractivity contribution in [3.05, 3.63) is 70.3 Å². The second-order valence-corrected chi connectivity index (χ2v) is 7.48. The standard InChI is InChI=1S/C22H22N2O3/c1-14-9-10-17(15(2)12-14)19(25)13-24-20(26)22(23-21(24)27)11-5-7-16-6-3-4-8-18(16)22/h3-4,6,8-10,12H,5,7,11,13H2,1-2H3,(H,23,27)/t22-/m0/s1. The smallest absolute Gasteiger partial charge is 0.319 e. The molecule has 2 aliphatic rings. The van der Waals surface area contributed by atoms with E-state index in [9.17, 15) is 14.4 Å². The van der Waals surface area contributed by atoms with Crippen LogP contribution in [0.2, 0.25) is 0 Å². The predicted octanol–water partition coefficient (Wildman–Crippen LogP) is 3.27. The van der Waals surface area contributed by atoms with Crippen LogP contribution in [0.3, 0.4) is 0 Å². The minimum Gasteiger partial charge on any atom is -0.319 e. The van der Waals surface area contributed by atoms with Crippen molar-refractivity contribution in [3.8, 4) is 0 Å². The highest BCUT2D eigenvalue weighted by molar-refractivity contribution is 6.11. The Bertz CT molecular complexity index is 966. The van der Waals surface area contributed by atoms with Gasteiger partial charge < -0.3 is 5.32 Å². The van der Waals surface area contributed by atoms with Crippen molar-refractivity contribution >= 4 is 17.7 Å². The zero-order valence-corrected chi connectivity index (χ0v) is 15.5. The number of hydrogen-bond donors (Lipinski definition) is 1. The number of aryl methyl sites for hydroxylation is 3. The summed E-state index contributed by atoms with van der Waals surface area (Å²) in [6.45, 7) is 3.59. The lowest BCUT2D eigenvalue weighted by atomic mass is 9.76. The van der Waals surface area contributed by atoms with Gasteiger partial charge in [-0.3, -0.25) is 14.5 Å². The van der Waals surface area contributed by atoms with E-state index < -0.39 is 11.6 Å². The van der Waals surface area contributed by atoms with Crippen molar-refractivity contribution in [2.45, 2.75) is 38.6 Å². The quantitative estimate of drug-likeness (QED) is 0.673. The molecule has 1 spiro atoms. The topological polar surface area (TPSA) is 66.5 Å². The van der Waals surface area contributed by atoms with Crippen LogP contribution in [0.5, 0.6) is 0 Å². The van der Waals surface area contributed by atoms with Crippen molar-refractivity contribution in [1.29, 1.82) is 0 Å². The molecule has 1 atom stereocenters. The molecule has 4 rings (SSSR count). The van der Waals surface area contributed by atoms with Crippen LogP contribution in [-0.2, 0) is 16.8 Å². The van der Waals surface area contributed by atoms with Crippen LogP contribution in [0, 0.1) is 13.8 Å². The van der Waals surface area contributed by atoms with Gasteiger partial charge in [-0.15, -0.1) is 0 Å². The third-order valence-electron chi connectivity index (χ3n) is 5.63. The first-order chi connectivity index (χ1) is 12.9. The Morgan fingerprint density at radius 2 is 1.93 bits per heavy atom. The zero-order chi connectivity index (χ0) is 19.2. The van der Waals surface area contributed by atoms with Crippen LogP contribution in [-0.4, -0.2) is 29.2 Å². The van der Waals surface area contributed by atoms with Gasteiger partial charge in [0.05, 0.1) is 6.54 Å². The number of rotatable bonds is 3. The van der Waals surface area contributed by atoms with E-state index in [0.717, 1.165) is 40.0 Å². The number of ketones is 1. The number of hydrogen-bond acceptors (Lipinski definition) is 3. The lowest BCUT2D eigenvalue weighted by Crippen LogP contribution is -2.46. The maximum absolute atomic E-state index is 13.3. The van der Waals surface area contributed by atoms with Gasteiger partial charge in [-0.25, -0.2) is 4.79 Å². The molecular formula is C22H22N2O3. The van der Waals surface area contributed by atoms with E-state index in [1.807, 2.05) is 50.2 Å². The molecule has 0 saturated carbocycles. The van der Waals surface area contributed by atoms with E-state index in [-0.39, 0.29) is 18.2 Å². The van der Waals surface area contributed by atoms with Crippen molar-refractivity contribution < 1.29 is 14.4 Å². The van der Waals surface area contributed by atoms with Crippen LogP contribution < -0.4 is 5.32 Å². The summed E-state index contributed by atoms with van der Waals surface area (Å²) in [5.74, 6) is -0.546. The molecular weight excluding hydrogens is 340 g/mol. The molecule has 1 aliphatic heterocycles.